The van der Waals surface area contributed by atoms with Crippen molar-refractivity contribution in [1.29, 1.82) is 0 Å². The molecule has 4 rings (SSSR count). The van der Waals surface area contributed by atoms with Gasteiger partial charge in [-0.05, 0) is 42.5 Å². The Hall–Kier alpha value is -3.86. The highest BCUT2D eigenvalue weighted by Gasteiger charge is 2.27. The molecule has 170 valence electrons. The lowest BCUT2D eigenvalue weighted by atomic mass is 10.2. The van der Waals surface area contributed by atoms with Crippen LogP contribution < -0.4 is 15.6 Å². The quantitative estimate of drug-likeness (QED) is 0.142. The van der Waals surface area contributed by atoms with Crippen LogP contribution in [-0.4, -0.2) is 9.78 Å². The van der Waals surface area contributed by atoms with Crippen LogP contribution in [0.25, 0.3) is 5.69 Å². The van der Waals surface area contributed by atoms with E-state index in [1.807, 2.05) is 5.48 Å². The van der Waals surface area contributed by atoms with Crippen molar-refractivity contribution < 1.29 is 31.2 Å². The Labute approximate surface area is 187 Å². The Kier molecular flexibility index (Phi) is 6.05. The number of halogens is 7. The largest absolute Gasteiger partial charge is 0.376 e. The lowest BCUT2D eigenvalue weighted by molar-refractivity contribution is 0.306. The summed E-state index contributed by atoms with van der Waals surface area (Å²) in [7, 11) is 0. The summed E-state index contributed by atoms with van der Waals surface area (Å²) < 4.78 is 82.8. The van der Waals surface area contributed by atoms with Gasteiger partial charge in [-0.3, -0.25) is 0 Å². The number of benzene rings is 3. The van der Waals surface area contributed by atoms with Gasteiger partial charge in [-0.2, -0.15) is 13.9 Å². The fraction of sp³-hybridized carbons (Fsp3) is 0. The number of aromatic nitrogens is 2. The van der Waals surface area contributed by atoms with Crippen LogP contribution in [-0.2, 0) is 0 Å². The zero-order valence-corrected chi connectivity index (χ0v) is 16.9. The summed E-state index contributed by atoms with van der Waals surface area (Å²) in [6.45, 7) is 0. The summed E-state index contributed by atoms with van der Waals surface area (Å²) in [6.07, 6.45) is 1.66. The third-order valence-corrected chi connectivity index (χ3v) is 4.61. The number of rotatable bonds is 6. The van der Waals surface area contributed by atoms with E-state index in [0.717, 1.165) is 17.8 Å². The highest BCUT2D eigenvalue weighted by molar-refractivity contribution is 6.30. The zero-order chi connectivity index (χ0) is 23.7. The van der Waals surface area contributed by atoms with E-state index >= 15 is 0 Å². The number of anilines is 3. The van der Waals surface area contributed by atoms with Crippen LogP contribution in [0.5, 0.6) is 5.75 Å². The van der Waals surface area contributed by atoms with Gasteiger partial charge in [0.25, 0.3) is 0 Å². The standard InChI is InChI=1S/C21H11ClF6N4O/c22-10-1-4-12(5-2-10)32-8-7-15(30-32)29-11-3-6-14(13(23)9-11)31-33-21-19(27)17(25)16(24)18(26)20(21)28/h1-9,31H,(H,29,30). The maximum Gasteiger partial charge on any atom is 0.232 e. The van der Waals surface area contributed by atoms with E-state index in [1.165, 1.54) is 6.07 Å². The minimum absolute atomic E-state index is 0.260. The molecule has 5 nitrogen and oxygen atoms in total. The fourth-order valence-electron chi connectivity index (χ4n) is 2.73. The molecule has 4 aromatic rings. The molecule has 0 radical (unpaired) electrons. The van der Waals surface area contributed by atoms with Crippen molar-refractivity contribution in [2.75, 3.05) is 10.8 Å². The second-order valence-corrected chi connectivity index (χ2v) is 6.98. The van der Waals surface area contributed by atoms with Crippen LogP contribution in [0.3, 0.4) is 0 Å². The fourth-order valence-corrected chi connectivity index (χ4v) is 2.86. The summed E-state index contributed by atoms with van der Waals surface area (Å²) >= 11 is 5.85. The Morgan fingerprint density at radius 1 is 0.788 bits per heavy atom. The molecular formula is C21H11ClF6N4O. The Balaban J connectivity index is 1.47. The molecule has 0 unspecified atom stereocenters. The Bertz CT molecular complexity index is 1300. The zero-order valence-electron chi connectivity index (χ0n) is 16.1. The molecule has 0 spiro atoms. The van der Waals surface area contributed by atoms with Crippen molar-refractivity contribution in [3.05, 3.63) is 94.7 Å². The Morgan fingerprint density at radius 3 is 2.06 bits per heavy atom. The molecule has 12 heteroatoms. The summed E-state index contributed by atoms with van der Waals surface area (Å²) in [5.41, 5.74) is 2.42. The smallest absolute Gasteiger partial charge is 0.232 e. The average molecular weight is 485 g/mol. The van der Waals surface area contributed by atoms with E-state index in [-0.39, 0.29) is 5.69 Å². The van der Waals surface area contributed by atoms with Crippen LogP contribution >= 0.6 is 11.6 Å². The van der Waals surface area contributed by atoms with Crippen molar-refractivity contribution in [2.45, 2.75) is 0 Å². The molecule has 0 fully saturated rings. The van der Waals surface area contributed by atoms with Gasteiger partial charge >= 0.3 is 0 Å². The van der Waals surface area contributed by atoms with Crippen LogP contribution in [0, 0.1) is 34.9 Å². The molecule has 0 saturated heterocycles. The number of hydrogen-bond acceptors (Lipinski definition) is 4. The van der Waals surface area contributed by atoms with E-state index < -0.39 is 46.3 Å². The van der Waals surface area contributed by atoms with Gasteiger partial charge in [-0.1, -0.05) is 11.6 Å². The van der Waals surface area contributed by atoms with Gasteiger partial charge in [0.2, 0.25) is 34.8 Å². The van der Waals surface area contributed by atoms with Gasteiger partial charge in [-0.15, -0.1) is 0 Å². The van der Waals surface area contributed by atoms with Crippen molar-refractivity contribution in [3.63, 3.8) is 0 Å². The summed E-state index contributed by atoms with van der Waals surface area (Å²) in [5, 5.41) is 7.72. The highest BCUT2D eigenvalue weighted by atomic mass is 35.5. The first-order chi connectivity index (χ1) is 15.7. The molecule has 3 aromatic carbocycles. The van der Waals surface area contributed by atoms with Gasteiger partial charge in [0.15, 0.2) is 11.6 Å². The lowest BCUT2D eigenvalue weighted by Gasteiger charge is -2.12. The van der Waals surface area contributed by atoms with Crippen LogP contribution in [0.1, 0.15) is 0 Å². The van der Waals surface area contributed by atoms with E-state index in [0.29, 0.717) is 10.8 Å². The molecule has 1 aromatic heterocycles. The minimum atomic E-state index is -2.34. The number of nitrogens with one attached hydrogen (secondary N) is 2. The van der Waals surface area contributed by atoms with E-state index in [1.54, 1.807) is 41.2 Å². The first-order valence-corrected chi connectivity index (χ1v) is 9.45. The van der Waals surface area contributed by atoms with Crippen molar-refractivity contribution >= 4 is 28.8 Å². The second-order valence-electron chi connectivity index (χ2n) is 6.54. The molecule has 0 bridgehead atoms. The molecule has 33 heavy (non-hydrogen) atoms. The van der Waals surface area contributed by atoms with Crippen LogP contribution in [0.2, 0.25) is 5.02 Å². The van der Waals surface area contributed by atoms with E-state index in [2.05, 4.69) is 15.3 Å². The van der Waals surface area contributed by atoms with Gasteiger partial charge in [0.05, 0.1) is 5.69 Å². The monoisotopic (exact) mass is 484 g/mol. The third-order valence-electron chi connectivity index (χ3n) is 4.35. The predicted octanol–water partition coefficient (Wildman–Crippen LogP) is 6.51. The minimum Gasteiger partial charge on any atom is -0.376 e. The maximum absolute atomic E-state index is 14.4. The van der Waals surface area contributed by atoms with Crippen LogP contribution in [0.4, 0.5) is 43.5 Å². The molecule has 0 amide bonds. The maximum atomic E-state index is 14.4. The van der Waals surface area contributed by atoms with Gasteiger partial charge in [-0.25, -0.2) is 27.7 Å². The van der Waals surface area contributed by atoms with Crippen LogP contribution in [0.15, 0.2) is 54.7 Å². The summed E-state index contributed by atoms with van der Waals surface area (Å²) in [5.74, 6) is -13.3. The van der Waals surface area contributed by atoms with Crippen molar-refractivity contribution in [2.24, 2.45) is 0 Å². The molecule has 0 aliphatic rings. The Morgan fingerprint density at radius 2 is 1.42 bits per heavy atom. The molecule has 1 heterocycles. The van der Waals surface area contributed by atoms with Gasteiger partial charge < -0.3 is 10.2 Å². The average Bonchev–Trinajstić information content (AvgIpc) is 3.26. The summed E-state index contributed by atoms with van der Waals surface area (Å²) in [4.78, 5) is 4.44. The van der Waals surface area contributed by atoms with E-state index in [4.69, 9.17) is 11.6 Å². The van der Waals surface area contributed by atoms with Gasteiger partial charge in [0, 0.05) is 23.0 Å². The first kappa shape index (κ1) is 22.3. The lowest BCUT2D eigenvalue weighted by Crippen LogP contribution is -2.12. The number of hydrogen-bond donors (Lipinski definition) is 2. The topological polar surface area (TPSA) is 51.1 Å². The third kappa shape index (κ3) is 4.53. The normalized spacial score (nSPS) is 10.9. The van der Waals surface area contributed by atoms with Crippen molar-refractivity contribution in [1.82, 2.24) is 9.78 Å². The molecule has 2 N–H and O–H groups in total. The first-order valence-electron chi connectivity index (χ1n) is 9.07. The highest BCUT2D eigenvalue weighted by Crippen LogP contribution is 2.30. The predicted molar refractivity (Wildman–Crippen MR) is 109 cm³/mol. The van der Waals surface area contributed by atoms with E-state index in [9.17, 15) is 26.3 Å². The molecule has 0 atom stereocenters. The van der Waals surface area contributed by atoms with Crippen molar-refractivity contribution in [3.8, 4) is 11.4 Å². The summed E-state index contributed by atoms with van der Waals surface area (Å²) in [6, 6.07) is 12.0. The van der Waals surface area contributed by atoms with Gasteiger partial charge in [0.1, 0.15) is 5.69 Å². The molecule has 0 aliphatic heterocycles. The second kappa shape index (κ2) is 8.94. The SMILES string of the molecule is Fc1cc(Nc2ccn(-c3ccc(Cl)cc3)n2)ccc1NOc1c(F)c(F)c(F)c(F)c1F. The molecule has 0 saturated carbocycles. The number of nitrogens with zero attached hydrogens (tertiary/aromatic N) is 2. The molecular weight excluding hydrogens is 474 g/mol. The molecule has 0 aliphatic carbocycles.